The number of phenolic OH excluding ortho intramolecular Hbond substituents is 1. The Morgan fingerprint density at radius 2 is 0.735 bits per heavy atom. The third kappa shape index (κ3) is 16.7. The lowest BCUT2D eigenvalue weighted by molar-refractivity contribution is -0.129. The molecule has 3 amide bonds. The average molecular weight is 1910 g/mol. The van der Waals surface area contributed by atoms with Gasteiger partial charge in [0.2, 0.25) is 17.7 Å². The summed E-state index contributed by atoms with van der Waals surface area (Å²) in [5, 5.41) is 12.2. The van der Waals surface area contributed by atoms with Gasteiger partial charge in [-0.2, -0.15) is 15.0 Å². The summed E-state index contributed by atoms with van der Waals surface area (Å²) in [6.45, 7) is 37.9. The number of nitrogens with zero attached hydrogens (tertiary/aromatic N) is 22. The summed E-state index contributed by atoms with van der Waals surface area (Å²) in [7, 11) is 5.39. The van der Waals surface area contributed by atoms with E-state index in [1.165, 1.54) is 65.3 Å². The van der Waals surface area contributed by atoms with Crippen LogP contribution in [-0.2, 0) is 35.5 Å². The van der Waals surface area contributed by atoms with Crippen LogP contribution in [0, 0.1) is 36.0 Å². The molecule has 3 saturated heterocycles. The minimum atomic E-state index is -0.771. The molecule has 3 aliphatic heterocycles. The molecule has 0 spiro atoms. The summed E-state index contributed by atoms with van der Waals surface area (Å²) in [5.74, 6) is -3.73. The van der Waals surface area contributed by atoms with Crippen molar-refractivity contribution in [3.63, 3.8) is 0 Å². The van der Waals surface area contributed by atoms with Crippen LogP contribution in [0.15, 0.2) is 168 Å². The molecule has 136 heavy (non-hydrogen) atoms. The number of phenols is 1. The largest absolute Gasteiger partial charge is 0.507 e. The topological polar surface area (TPSA) is 301 Å². The van der Waals surface area contributed by atoms with E-state index in [2.05, 4.69) is 49.6 Å². The number of anilines is 3. The number of aromatic nitrogens is 16. The van der Waals surface area contributed by atoms with Crippen molar-refractivity contribution in [2.75, 3.05) is 54.0 Å². The number of carbonyl (C=O) groups excluding carboxylic acids is 3. The first-order valence-corrected chi connectivity index (χ1v) is 45.4. The van der Waals surface area contributed by atoms with E-state index in [4.69, 9.17) is 54.7 Å². The third-order valence-corrected chi connectivity index (χ3v) is 26.3. The predicted octanol–water partition coefficient (Wildman–Crippen LogP) is 17.3. The molecule has 0 radical (unpaired) electrons. The molecule has 15 aromatic rings. The van der Waals surface area contributed by atoms with Gasteiger partial charge in [-0.05, 0) is 139 Å². The predicted molar refractivity (Wildman–Crippen MR) is 520 cm³/mol. The van der Waals surface area contributed by atoms with Crippen molar-refractivity contribution >= 4 is 136 Å². The Bertz CT molecular complexity index is 7370. The van der Waals surface area contributed by atoms with Crippen LogP contribution >= 0.6 is 34.8 Å². The molecule has 1 N–H and O–H groups in total. The second-order valence-electron chi connectivity index (χ2n) is 35.6. The maximum atomic E-state index is 16.3. The highest BCUT2D eigenvalue weighted by Crippen LogP contribution is 2.45. The van der Waals surface area contributed by atoms with Crippen molar-refractivity contribution in [3.05, 3.63) is 252 Å². The molecule has 18 rings (SSSR count). The Morgan fingerprint density at radius 1 is 0.404 bits per heavy atom. The molecule has 6 atom stereocenters. The standard InChI is InChI=1S/2C33H32ClF2N7O2.C33H34ClFN8O3/c2*1-7-26(44)41-14-19(5)42(15-18(41)4)31-21-12-22(34)28(20-10-8-9-11-23(20)35)38-32(21)43(33(45)39-31)30-24(36)13-25-29(27(30)17(2)3)37-16-40(25)6;1-8-24(45)41-13-18(5)42(14-17(41)4)30-20-12-21(34)27(26-22(35)10-9-11-23(26)44)38-31(20)43(33(46)39-30)29-19(6)37-32-28(25(29)16(2)3)36-15-40(32)7/h2*7-13,16-19H,1,14-15H2,2-6H3;8-12,15-18,44H,1,13-14H2,2-7H3/t2*18-,19+;17-,18+/m111/s1. The normalized spacial score (nSPS) is 17.1. The van der Waals surface area contributed by atoms with Crippen molar-refractivity contribution in [2.24, 2.45) is 21.1 Å². The van der Waals surface area contributed by atoms with Crippen LogP contribution in [-0.4, -0.2) is 190 Å². The molecule has 0 bridgehead atoms. The Labute approximate surface area is 792 Å². The summed E-state index contributed by atoms with van der Waals surface area (Å²) in [6, 6.07) is 22.0. The molecular weight excluding hydrogens is 1810 g/mol. The van der Waals surface area contributed by atoms with Crippen LogP contribution in [0.1, 0.15) is 123 Å². The monoisotopic (exact) mass is 1910 g/mol. The molecule has 0 saturated carbocycles. The van der Waals surface area contributed by atoms with Crippen LogP contribution in [0.5, 0.6) is 5.75 Å². The minimum Gasteiger partial charge on any atom is -0.507 e. The maximum Gasteiger partial charge on any atom is 0.355 e. The van der Waals surface area contributed by atoms with E-state index in [9.17, 15) is 33.9 Å². The van der Waals surface area contributed by atoms with E-state index in [0.717, 1.165) is 14.7 Å². The first-order chi connectivity index (χ1) is 64.7. The van der Waals surface area contributed by atoms with E-state index in [1.54, 1.807) is 118 Å². The maximum absolute atomic E-state index is 16.3. The molecule has 37 heteroatoms. The first-order valence-electron chi connectivity index (χ1n) is 44.2. The molecule has 3 aliphatic rings. The van der Waals surface area contributed by atoms with E-state index in [1.807, 2.05) is 109 Å². The number of halogens is 8. The molecule has 5 aromatic carbocycles. The Balaban J connectivity index is 0.000000148. The van der Waals surface area contributed by atoms with E-state index >= 15 is 22.0 Å². The fourth-order valence-electron chi connectivity index (χ4n) is 18.9. The number of piperazine rings is 3. The van der Waals surface area contributed by atoms with Crippen molar-refractivity contribution in [1.82, 2.24) is 91.9 Å². The highest BCUT2D eigenvalue weighted by Gasteiger charge is 2.40. The van der Waals surface area contributed by atoms with Gasteiger partial charge in [0.1, 0.15) is 57.8 Å². The van der Waals surface area contributed by atoms with Gasteiger partial charge in [0.25, 0.3) is 0 Å². The molecule has 29 nitrogen and oxygen atoms in total. The molecule has 0 aliphatic carbocycles. The van der Waals surface area contributed by atoms with Gasteiger partial charge in [0, 0.05) is 137 Å². The summed E-state index contributed by atoms with van der Waals surface area (Å²) in [6.07, 6.45) is 8.70. The van der Waals surface area contributed by atoms with Crippen molar-refractivity contribution < 1.29 is 41.4 Å². The second-order valence-corrected chi connectivity index (χ2v) is 36.8. The van der Waals surface area contributed by atoms with Gasteiger partial charge in [-0.1, -0.05) is 126 Å². The number of pyridine rings is 4. The second kappa shape index (κ2) is 37.3. The van der Waals surface area contributed by atoms with Gasteiger partial charge < -0.3 is 48.2 Å². The number of benzene rings is 5. The smallest absolute Gasteiger partial charge is 0.355 e. The van der Waals surface area contributed by atoms with Crippen molar-refractivity contribution in [3.8, 4) is 56.6 Å². The van der Waals surface area contributed by atoms with Crippen LogP contribution in [0.4, 0.5) is 39.4 Å². The third-order valence-electron chi connectivity index (χ3n) is 25.4. The fourth-order valence-corrected chi connectivity index (χ4v) is 19.6. The van der Waals surface area contributed by atoms with Gasteiger partial charge in [-0.15, -0.1) is 0 Å². The van der Waals surface area contributed by atoms with Gasteiger partial charge in [-0.3, -0.25) is 14.4 Å². The van der Waals surface area contributed by atoms with Crippen LogP contribution in [0.25, 0.3) is 117 Å². The fraction of sp³-hybridized carbons (Fsp3) is 0.313. The zero-order valence-corrected chi connectivity index (χ0v) is 79.8. The number of aryl methyl sites for hydroxylation is 4. The van der Waals surface area contributed by atoms with E-state index in [0.29, 0.717) is 117 Å². The zero-order valence-electron chi connectivity index (χ0n) is 77.5. The summed E-state index contributed by atoms with van der Waals surface area (Å²) in [4.78, 5) is 138. The first kappa shape index (κ1) is 95.1. The molecule has 3 fully saturated rings. The van der Waals surface area contributed by atoms with Crippen LogP contribution in [0.3, 0.4) is 0 Å². The lowest BCUT2D eigenvalue weighted by atomic mass is 9.98. The number of hydrogen-bond donors (Lipinski definition) is 1. The zero-order chi connectivity index (χ0) is 97.8. The molecular formula is C99H98Cl3F5N22O7. The van der Waals surface area contributed by atoms with Crippen molar-refractivity contribution in [2.45, 2.75) is 144 Å². The number of fused-ring (bicyclic) bond motifs is 6. The lowest BCUT2D eigenvalue weighted by Gasteiger charge is -2.44. The minimum absolute atomic E-state index is 0.0256. The highest BCUT2D eigenvalue weighted by atomic mass is 35.5. The van der Waals surface area contributed by atoms with Crippen LogP contribution < -0.4 is 31.8 Å². The summed E-state index contributed by atoms with van der Waals surface area (Å²) in [5.41, 5.74) is 4.60. The lowest BCUT2D eigenvalue weighted by Crippen LogP contribution is -2.58. The van der Waals surface area contributed by atoms with E-state index in [-0.39, 0.29) is 166 Å². The highest BCUT2D eigenvalue weighted by molar-refractivity contribution is 6.35. The number of hydrogen-bond acceptors (Lipinski definition) is 20. The molecule has 10 aromatic heterocycles. The Morgan fingerprint density at radius 3 is 1.10 bits per heavy atom. The Kier molecular flexibility index (Phi) is 26.1. The van der Waals surface area contributed by atoms with Gasteiger partial charge in [-0.25, -0.2) is 84.9 Å². The van der Waals surface area contributed by atoms with Gasteiger partial charge in [0.05, 0.1) is 118 Å². The van der Waals surface area contributed by atoms with Gasteiger partial charge >= 0.3 is 17.1 Å². The molecule has 0 unspecified atom stereocenters. The molecule has 702 valence electrons. The summed E-state index contributed by atoms with van der Waals surface area (Å²) < 4.78 is 86.8. The summed E-state index contributed by atoms with van der Waals surface area (Å²) >= 11 is 20.4. The van der Waals surface area contributed by atoms with E-state index < -0.39 is 46.2 Å². The van der Waals surface area contributed by atoms with Gasteiger partial charge in [0.15, 0.2) is 22.6 Å². The van der Waals surface area contributed by atoms with Crippen molar-refractivity contribution in [1.29, 1.82) is 0 Å². The number of carbonyl (C=O) groups is 3. The molecule has 13 heterocycles. The number of imidazole rings is 3. The quantitative estimate of drug-likeness (QED) is 0.0736. The van der Waals surface area contributed by atoms with Crippen LogP contribution in [0.2, 0.25) is 15.1 Å². The number of amides is 3. The average Bonchev–Trinajstić information content (AvgIpc) is 1.22. The number of rotatable bonds is 15. The Hall–Kier alpha value is -14.1. The number of aromatic hydroxyl groups is 1. The SMILES string of the molecule is C=CC(=O)N1C[C@H](C)N(c2nc(=O)n(-c3c(C)nc4c(ncn4C)c3C(C)C)c3nc(-c4c(O)cccc4F)c(Cl)cc23)C[C@H]1C.C=CC(=O)N1C[C@H](C)N(c2nc(=O)n(-c3c(F)cc4c(ncn4C)c3C(C)C)c3nc(-c4ccccc4F)c(Cl)cc23)C[C@H]1C.C=CC(=O)N1C[C@H](C)N(c2nc(=O)n(-c3c(F)cc4c(ncn4C)c3C(C)C)c3nc(-c4ccccc4F)c(Cl)cc23)C[C@H]1C.